The van der Waals surface area contributed by atoms with Gasteiger partial charge in [-0.2, -0.15) is 0 Å². The van der Waals surface area contributed by atoms with Crippen molar-refractivity contribution >= 4 is 52.5 Å². The monoisotopic (exact) mass is 986 g/mol. The Morgan fingerprint density at radius 2 is 0.575 bits per heavy atom. The number of hydrogen-bond donors (Lipinski definition) is 9. The Hall–Kier alpha value is -7.98. The summed E-state index contributed by atoms with van der Waals surface area (Å²) in [6.07, 6.45) is 5.35. The maximum atomic E-state index is 13.1. The first-order valence-corrected chi connectivity index (χ1v) is 24.9. The van der Waals surface area contributed by atoms with E-state index in [4.69, 9.17) is 17.2 Å². The van der Waals surface area contributed by atoms with Gasteiger partial charge in [-0.3, -0.25) is 28.8 Å². The molecule has 0 spiro atoms. The highest BCUT2D eigenvalue weighted by atomic mass is 16.2. The molecule has 0 fully saturated rings. The number of hydrogen-bond acceptors (Lipinski definition) is 9. The number of carbonyl (C=O) groups excluding carboxylic acids is 6. The van der Waals surface area contributed by atoms with Crippen molar-refractivity contribution in [2.45, 2.75) is 81.8 Å². The smallest absolute Gasteiger partial charge is 0.251 e. The molecule has 15 nitrogen and oxygen atoms in total. The summed E-state index contributed by atoms with van der Waals surface area (Å²) in [5.41, 5.74) is 25.1. The van der Waals surface area contributed by atoms with Crippen molar-refractivity contribution in [3.63, 3.8) is 0 Å². The molecule has 0 aliphatic rings. The van der Waals surface area contributed by atoms with Crippen molar-refractivity contribution in [3.8, 4) is 0 Å². The lowest BCUT2D eigenvalue weighted by atomic mass is 9.85. The third-order valence-corrected chi connectivity index (χ3v) is 12.3. The lowest BCUT2D eigenvalue weighted by molar-refractivity contribution is -0.118. The van der Waals surface area contributed by atoms with Crippen molar-refractivity contribution in [2.75, 3.05) is 35.6 Å². The summed E-state index contributed by atoms with van der Waals surface area (Å²) in [6, 6.07) is 47.3. The quantitative estimate of drug-likeness (QED) is 0.0183. The van der Waals surface area contributed by atoms with Gasteiger partial charge in [0.2, 0.25) is 17.7 Å². The van der Waals surface area contributed by atoms with Crippen LogP contribution in [0.25, 0.3) is 0 Å². The first kappa shape index (κ1) is 54.4. The molecule has 0 radical (unpaired) electrons. The molecule has 0 saturated heterocycles. The normalized spacial score (nSPS) is 12.2. The number of nitrogens with one attached hydrogen (secondary N) is 6. The predicted octanol–water partition coefficient (Wildman–Crippen LogP) is 7.47. The van der Waals surface area contributed by atoms with E-state index in [-0.39, 0.29) is 41.4 Å². The van der Waals surface area contributed by atoms with Crippen LogP contribution in [0.15, 0.2) is 164 Å². The minimum absolute atomic E-state index is 0.142. The fourth-order valence-electron chi connectivity index (χ4n) is 8.10. The van der Waals surface area contributed by atoms with Crippen molar-refractivity contribution in [2.24, 2.45) is 17.2 Å². The molecule has 0 aromatic heterocycles. The first-order chi connectivity index (χ1) is 35.4. The van der Waals surface area contributed by atoms with Gasteiger partial charge < -0.3 is 49.1 Å². The maximum Gasteiger partial charge on any atom is 0.251 e. The molecule has 0 unspecified atom stereocenters. The maximum absolute atomic E-state index is 13.1. The molecule has 73 heavy (non-hydrogen) atoms. The Morgan fingerprint density at radius 1 is 0.329 bits per heavy atom. The van der Waals surface area contributed by atoms with E-state index in [0.29, 0.717) is 111 Å². The number of unbranched alkanes of at least 4 members (excludes halogenated alkanes) is 3. The average molecular weight is 986 g/mol. The van der Waals surface area contributed by atoms with Gasteiger partial charge in [-0.1, -0.05) is 91.0 Å². The summed E-state index contributed by atoms with van der Waals surface area (Å²) in [7, 11) is 0. The summed E-state index contributed by atoms with van der Waals surface area (Å²) in [6.45, 7) is 1.42. The molecule has 0 bridgehead atoms. The number of anilines is 3. The Bertz CT molecular complexity index is 2390. The van der Waals surface area contributed by atoms with Gasteiger partial charge >= 0.3 is 0 Å². The molecule has 6 aromatic rings. The van der Waals surface area contributed by atoms with E-state index in [9.17, 15) is 28.8 Å². The summed E-state index contributed by atoms with van der Waals surface area (Å²) in [5, 5.41) is 17.5. The average Bonchev–Trinajstić information content (AvgIpc) is 3.42. The molecule has 0 aliphatic heterocycles. The second-order valence-electron chi connectivity index (χ2n) is 17.9. The number of rotatable bonds is 27. The summed E-state index contributed by atoms with van der Waals surface area (Å²) >= 11 is 0. The SMILES string of the molecule is N[C@H](CCCCNC(=O)c1ccccc1)C(=O)Nc1ccc(C(c2ccc(NC(=O)[C@H](N)CCCCNC(=O)c3ccccc3)cc2)c2ccc(NC(=O)[C@@H](N)CCCCNC(=O)c3ccccc3)cc2)cc1. The van der Waals surface area contributed by atoms with Crippen LogP contribution < -0.4 is 49.1 Å². The molecule has 3 atom stereocenters. The molecule has 12 N–H and O–H groups in total. The second-order valence-corrected chi connectivity index (χ2v) is 17.9. The fourth-order valence-corrected chi connectivity index (χ4v) is 8.10. The van der Waals surface area contributed by atoms with Crippen molar-refractivity contribution < 1.29 is 28.8 Å². The minimum atomic E-state index is -0.738. The molecular formula is C58H67N9O6. The summed E-state index contributed by atoms with van der Waals surface area (Å²) in [4.78, 5) is 76.3. The van der Waals surface area contributed by atoms with Crippen molar-refractivity contribution in [1.29, 1.82) is 0 Å². The van der Waals surface area contributed by atoms with E-state index in [2.05, 4.69) is 31.9 Å². The fraction of sp³-hybridized carbons (Fsp3) is 0.276. The Kier molecular flexibility index (Phi) is 21.4. The molecule has 0 heterocycles. The van der Waals surface area contributed by atoms with Crippen LogP contribution in [0, 0.1) is 0 Å². The third kappa shape index (κ3) is 17.7. The van der Waals surface area contributed by atoms with Crippen molar-refractivity contribution in [1.82, 2.24) is 16.0 Å². The molecule has 15 heteroatoms. The van der Waals surface area contributed by atoms with Gasteiger partial charge in [0.15, 0.2) is 0 Å². The van der Waals surface area contributed by atoms with E-state index in [1.807, 2.05) is 127 Å². The first-order valence-electron chi connectivity index (χ1n) is 24.9. The minimum Gasteiger partial charge on any atom is -0.352 e. The molecule has 6 rings (SSSR count). The molecule has 0 aliphatic carbocycles. The van der Waals surface area contributed by atoms with E-state index < -0.39 is 18.1 Å². The summed E-state index contributed by atoms with van der Waals surface area (Å²) in [5.74, 6) is -1.66. The molecule has 6 amide bonds. The van der Waals surface area contributed by atoms with Gasteiger partial charge in [-0.15, -0.1) is 0 Å². The van der Waals surface area contributed by atoms with Crippen LogP contribution in [0.5, 0.6) is 0 Å². The van der Waals surface area contributed by atoms with Gasteiger partial charge in [0.1, 0.15) is 0 Å². The third-order valence-electron chi connectivity index (χ3n) is 12.3. The van der Waals surface area contributed by atoms with Crippen molar-refractivity contribution in [3.05, 3.63) is 197 Å². The van der Waals surface area contributed by atoms with Gasteiger partial charge in [-0.05, 0) is 147 Å². The zero-order valence-electron chi connectivity index (χ0n) is 41.1. The van der Waals surface area contributed by atoms with Crippen LogP contribution in [0.4, 0.5) is 17.1 Å². The second kappa shape index (κ2) is 28.8. The lowest BCUT2D eigenvalue weighted by Gasteiger charge is -2.21. The zero-order chi connectivity index (χ0) is 51.8. The highest BCUT2D eigenvalue weighted by molar-refractivity contribution is 5.97. The van der Waals surface area contributed by atoms with E-state index in [1.54, 1.807) is 36.4 Å². The van der Waals surface area contributed by atoms with Gasteiger partial charge in [0.05, 0.1) is 18.1 Å². The van der Waals surface area contributed by atoms with E-state index in [1.165, 1.54) is 0 Å². The van der Waals surface area contributed by atoms with Crippen LogP contribution >= 0.6 is 0 Å². The Morgan fingerprint density at radius 3 is 0.822 bits per heavy atom. The van der Waals surface area contributed by atoms with Crippen LogP contribution in [0.3, 0.4) is 0 Å². The standard InChI is InChI=1S/C58H67N9O6/c59-49(22-10-13-37-62-53(68)43-16-4-1-5-17-43)56(71)65-46-31-25-40(26-32-46)52(41-27-33-47(34-28-41)66-57(72)50(60)23-11-14-38-63-54(69)44-18-6-2-7-19-44)42-29-35-48(36-30-42)67-58(73)51(61)24-12-15-39-64-55(70)45-20-8-3-9-21-45/h1-9,16-21,25-36,49-52H,10-15,22-24,37-39,59-61H2,(H,62,68)(H,63,69)(H,64,70)(H,65,71)(H,66,72)(H,67,73)/t49-,50-,51+/m1/s1. The molecule has 0 saturated carbocycles. The van der Waals surface area contributed by atoms with Gasteiger partial charge in [-0.25, -0.2) is 0 Å². The lowest BCUT2D eigenvalue weighted by Crippen LogP contribution is -2.35. The number of benzene rings is 6. The highest BCUT2D eigenvalue weighted by Crippen LogP contribution is 2.34. The number of nitrogens with two attached hydrogens (primary N) is 3. The van der Waals surface area contributed by atoms with E-state index in [0.717, 1.165) is 16.7 Å². The highest BCUT2D eigenvalue weighted by Gasteiger charge is 2.21. The molecule has 380 valence electrons. The largest absolute Gasteiger partial charge is 0.352 e. The zero-order valence-corrected chi connectivity index (χ0v) is 41.1. The predicted molar refractivity (Wildman–Crippen MR) is 288 cm³/mol. The number of amides is 6. The molecule has 6 aromatic carbocycles. The molecular weight excluding hydrogens is 919 g/mol. The summed E-state index contributed by atoms with van der Waals surface area (Å²) < 4.78 is 0. The van der Waals surface area contributed by atoms with Crippen LogP contribution in [-0.2, 0) is 14.4 Å². The number of carbonyl (C=O) groups is 6. The van der Waals surface area contributed by atoms with Crippen LogP contribution in [0.2, 0.25) is 0 Å². The van der Waals surface area contributed by atoms with E-state index >= 15 is 0 Å². The Balaban J connectivity index is 1.04. The van der Waals surface area contributed by atoms with Gasteiger partial charge in [0.25, 0.3) is 17.7 Å². The van der Waals surface area contributed by atoms with Crippen LogP contribution in [-0.4, -0.2) is 73.2 Å². The Labute approximate surface area is 427 Å². The van der Waals surface area contributed by atoms with Crippen LogP contribution in [0.1, 0.15) is 111 Å². The topological polar surface area (TPSA) is 253 Å². The van der Waals surface area contributed by atoms with Gasteiger partial charge in [0, 0.05) is 59.3 Å².